The molecule has 4 nitrogen and oxygen atoms in total. The topological polar surface area (TPSA) is 63.6 Å². The van der Waals surface area contributed by atoms with Gasteiger partial charge >= 0.3 is 5.97 Å². The van der Waals surface area contributed by atoms with Crippen molar-refractivity contribution in [3.8, 4) is 5.75 Å². The monoisotopic (exact) mass is 326 g/mol. The number of ketones is 1. The molecule has 2 rings (SSSR count). The van der Waals surface area contributed by atoms with Crippen LogP contribution in [0.4, 0.5) is 0 Å². The van der Waals surface area contributed by atoms with Crippen molar-refractivity contribution >= 4 is 11.8 Å². The summed E-state index contributed by atoms with van der Waals surface area (Å²) in [6, 6.07) is 14.2. The quantitative estimate of drug-likeness (QED) is 0.746. The van der Waals surface area contributed by atoms with Crippen LogP contribution in [0.25, 0.3) is 0 Å². The van der Waals surface area contributed by atoms with Gasteiger partial charge in [-0.25, -0.2) is 0 Å². The second-order valence-corrected chi connectivity index (χ2v) is 6.15. The average molecular weight is 326 g/mol. The van der Waals surface area contributed by atoms with E-state index in [-0.39, 0.29) is 12.2 Å². The zero-order chi connectivity index (χ0) is 17.5. The highest BCUT2D eigenvalue weighted by atomic mass is 16.5. The fraction of sp³-hybridized carbons (Fsp3) is 0.300. The van der Waals surface area contributed by atoms with E-state index >= 15 is 0 Å². The van der Waals surface area contributed by atoms with Gasteiger partial charge in [-0.2, -0.15) is 0 Å². The Bertz CT molecular complexity index is 702. The minimum Gasteiger partial charge on any atom is -0.493 e. The molecule has 0 aliphatic rings. The number of rotatable bonds is 8. The molecule has 0 aliphatic carbocycles. The van der Waals surface area contributed by atoms with Gasteiger partial charge in [0, 0.05) is 17.5 Å². The molecule has 0 amide bonds. The summed E-state index contributed by atoms with van der Waals surface area (Å²) in [6.45, 7) is 4.80. The van der Waals surface area contributed by atoms with E-state index in [9.17, 15) is 9.59 Å². The number of carbonyl (C=O) groups excluding carboxylic acids is 1. The summed E-state index contributed by atoms with van der Waals surface area (Å²) >= 11 is 0. The van der Waals surface area contributed by atoms with Gasteiger partial charge in [0.2, 0.25) is 0 Å². The van der Waals surface area contributed by atoms with E-state index < -0.39 is 5.97 Å². The van der Waals surface area contributed by atoms with Crippen molar-refractivity contribution in [2.45, 2.75) is 26.7 Å². The Morgan fingerprint density at radius 1 is 1.04 bits per heavy atom. The van der Waals surface area contributed by atoms with Crippen LogP contribution in [0, 0.1) is 5.92 Å². The number of aryl methyl sites for hydroxylation is 1. The highest BCUT2D eigenvalue weighted by Gasteiger charge is 2.10. The van der Waals surface area contributed by atoms with Crippen molar-refractivity contribution in [2.75, 3.05) is 6.61 Å². The minimum absolute atomic E-state index is 0.0551. The molecule has 0 atom stereocenters. The fourth-order valence-corrected chi connectivity index (χ4v) is 2.25. The predicted octanol–water partition coefficient (Wildman–Crippen LogP) is 3.97. The number of aliphatic carboxylic acids is 1. The third-order valence-electron chi connectivity index (χ3n) is 3.52. The summed E-state index contributed by atoms with van der Waals surface area (Å²) in [5.41, 5.74) is 2.00. The zero-order valence-corrected chi connectivity index (χ0v) is 14.0. The second kappa shape index (κ2) is 8.29. The maximum Gasteiger partial charge on any atom is 0.303 e. The van der Waals surface area contributed by atoms with Crippen molar-refractivity contribution in [3.63, 3.8) is 0 Å². The molecule has 0 aliphatic heterocycles. The number of carboxylic acids is 1. The van der Waals surface area contributed by atoms with Crippen molar-refractivity contribution in [1.82, 2.24) is 0 Å². The first-order valence-corrected chi connectivity index (χ1v) is 8.04. The van der Waals surface area contributed by atoms with Crippen molar-refractivity contribution in [1.29, 1.82) is 0 Å². The Balaban J connectivity index is 2.08. The van der Waals surface area contributed by atoms with Crippen molar-refractivity contribution in [3.05, 3.63) is 65.2 Å². The van der Waals surface area contributed by atoms with Crippen LogP contribution in [-0.2, 0) is 11.2 Å². The maximum absolute atomic E-state index is 12.6. The Morgan fingerprint density at radius 3 is 2.38 bits per heavy atom. The Labute approximate surface area is 142 Å². The largest absolute Gasteiger partial charge is 0.493 e. The lowest BCUT2D eigenvalue weighted by Gasteiger charge is -2.09. The number of ether oxygens (including phenoxy) is 1. The molecule has 2 aromatic rings. The molecule has 126 valence electrons. The highest BCUT2D eigenvalue weighted by molar-refractivity contribution is 6.09. The lowest BCUT2D eigenvalue weighted by Crippen LogP contribution is -2.05. The van der Waals surface area contributed by atoms with Gasteiger partial charge in [-0.15, -0.1) is 0 Å². The van der Waals surface area contributed by atoms with E-state index in [4.69, 9.17) is 9.84 Å². The van der Waals surface area contributed by atoms with Gasteiger partial charge in [0.05, 0.1) is 6.61 Å². The van der Waals surface area contributed by atoms with Gasteiger partial charge in [0.25, 0.3) is 0 Å². The summed E-state index contributed by atoms with van der Waals surface area (Å²) in [7, 11) is 0. The second-order valence-electron chi connectivity index (χ2n) is 6.15. The van der Waals surface area contributed by atoms with Gasteiger partial charge in [-0.3, -0.25) is 9.59 Å². The molecule has 2 aromatic carbocycles. The van der Waals surface area contributed by atoms with Gasteiger partial charge in [-0.1, -0.05) is 32.0 Å². The first kappa shape index (κ1) is 17.7. The molecule has 4 heteroatoms. The normalized spacial score (nSPS) is 10.6. The molecule has 0 radical (unpaired) electrons. The average Bonchev–Trinajstić information content (AvgIpc) is 2.58. The van der Waals surface area contributed by atoms with E-state index in [1.807, 2.05) is 6.07 Å². The summed E-state index contributed by atoms with van der Waals surface area (Å²) in [5.74, 6) is 0.265. The smallest absolute Gasteiger partial charge is 0.303 e. The SMILES string of the molecule is CC(C)COc1ccc(C(=O)c2cccc(CCC(=O)O)c2)cc1. The summed E-state index contributed by atoms with van der Waals surface area (Å²) in [5, 5.41) is 8.76. The lowest BCUT2D eigenvalue weighted by atomic mass is 9.99. The molecule has 0 aromatic heterocycles. The zero-order valence-electron chi connectivity index (χ0n) is 14.0. The molecule has 0 heterocycles. The summed E-state index contributed by atoms with van der Waals surface area (Å²) in [6.07, 6.45) is 0.470. The minimum atomic E-state index is -0.844. The van der Waals surface area contributed by atoms with Crippen LogP contribution >= 0.6 is 0 Å². The van der Waals surface area contributed by atoms with Gasteiger partial charge < -0.3 is 9.84 Å². The van der Waals surface area contributed by atoms with Crippen LogP contribution in [-0.4, -0.2) is 23.5 Å². The number of hydrogen-bond donors (Lipinski definition) is 1. The first-order valence-electron chi connectivity index (χ1n) is 8.04. The van der Waals surface area contributed by atoms with Crippen LogP contribution in [0.15, 0.2) is 48.5 Å². The molecule has 0 spiro atoms. The van der Waals surface area contributed by atoms with Crippen LogP contribution in [0.5, 0.6) is 5.75 Å². The number of benzene rings is 2. The lowest BCUT2D eigenvalue weighted by molar-refractivity contribution is -0.136. The molecular formula is C20H22O4. The van der Waals surface area contributed by atoms with E-state index in [1.165, 1.54) is 0 Å². The van der Waals surface area contributed by atoms with Gasteiger partial charge in [-0.05, 0) is 48.2 Å². The van der Waals surface area contributed by atoms with Crippen LogP contribution < -0.4 is 4.74 Å². The van der Waals surface area contributed by atoms with E-state index in [1.54, 1.807) is 42.5 Å². The number of hydrogen-bond acceptors (Lipinski definition) is 3. The molecule has 1 N–H and O–H groups in total. The number of carboxylic acid groups (broad SMARTS) is 1. The third-order valence-corrected chi connectivity index (χ3v) is 3.52. The molecule has 0 saturated carbocycles. The molecule has 0 fully saturated rings. The molecular weight excluding hydrogens is 304 g/mol. The van der Waals surface area contributed by atoms with Gasteiger partial charge in [0.1, 0.15) is 5.75 Å². The van der Waals surface area contributed by atoms with Crippen LogP contribution in [0.3, 0.4) is 0 Å². The highest BCUT2D eigenvalue weighted by Crippen LogP contribution is 2.17. The molecule has 0 saturated heterocycles. The van der Waals surface area contributed by atoms with E-state index in [0.717, 1.165) is 11.3 Å². The van der Waals surface area contributed by atoms with Crippen molar-refractivity contribution in [2.24, 2.45) is 5.92 Å². The van der Waals surface area contributed by atoms with E-state index in [0.29, 0.717) is 30.1 Å². The standard InChI is InChI=1S/C20H22O4/c1-14(2)13-24-18-9-7-16(8-10-18)20(23)17-5-3-4-15(12-17)6-11-19(21)22/h3-5,7-10,12,14H,6,11,13H2,1-2H3,(H,21,22). The van der Waals surface area contributed by atoms with E-state index in [2.05, 4.69) is 13.8 Å². The first-order chi connectivity index (χ1) is 11.5. The Morgan fingerprint density at radius 2 is 1.75 bits per heavy atom. The molecule has 24 heavy (non-hydrogen) atoms. The molecule has 0 unspecified atom stereocenters. The number of carbonyl (C=O) groups is 2. The predicted molar refractivity (Wildman–Crippen MR) is 92.6 cm³/mol. The summed E-state index contributed by atoms with van der Waals surface area (Å²) < 4.78 is 5.61. The Kier molecular flexibility index (Phi) is 6.13. The van der Waals surface area contributed by atoms with Crippen molar-refractivity contribution < 1.29 is 19.4 Å². The fourth-order valence-electron chi connectivity index (χ4n) is 2.25. The summed E-state index contributed by atoms with van der Waals surface area (Å²) in [4.78, 5) is 23.2. The maximum atomic E-state index is 12.6. The Hall–Kier alpha value is -2.62. The van der Waals surface area contributed by atoms with Crippen LogP contribution in [0.1, 0.15) is 41.8 Å². The third kappa shape index (κ3) is 5.23. The molecule has 0 bridgehead atoms. The van der Waals surface area contributed by atoms with Gasteiger partial charge in [0.15, 0.2) is 5.78 Å². The van der Waals surface area contributed by atoms with Crippen LogP contribution in [0.2, 0.25) is 0 Å².